The maximum absolute atomic E-state index is 12.2. The van der Waals surface area contributed by atoms with Gasteiger partial charge in [-0.25, -0.2) is 0 Å². The van der Waals surface area contributed by atoms with Crippen molar-refractivity contribution in [2.24, 2.45) is 11.7 Å². The van der Waals surface area contributed by atoms with Crippen LogP contribution in [0.2, 0.25) is 0 Å². The quantitative estimate of drug-likeness (QED) is 0.608. The molecule has 0 spiro atoms. The van der Waals surface area contributed by atoms with Gasteiger partial charge < -0.3 is 15.8 Å². The van der Waals surface area contributed by atoms with Crippen molar-refractivity contribution in [2.45, 2.75) is 33.2 Å². The van der Waals surface area contributed by atoms with Crippen molar-refractivity contribution in [3.8, 4) is 5.75 Å². The highest BCUT2D eigenvalue weighted by Crippen LogP contribution is 2.14. The summed E-state index contributed by atoms with van der Waals surface area (Å²) in [6, 6.07) is 5.43. The summed E-state index contributed by atoms with van der Waals surface area (Å²) in [5.41, 5.74) is 5.61. The molecule has 6 heteroatoms. The predicted molar refractivity (Wildman–Crippen MR) is 77.7 cm³/mol. The molecule has 1 aromatic rings. The lowest BCUT2D eigenvalue weighted by Crippen LogP contribution is -2.48. The number of rotatable bonds is 6. The van der Waals surface area contributed by atoms with Crippen LogP contribution in [0.25, 0.3) is 0 Å². The van der Waals surface area contributed by atoms with Crippen LogP contribution in [-0.2, 0) is 9.59 Å². The van der Waals surface area contributed by atoms with Crippen molar-refractivity contribution in [3.63, 3.8) is 0 Å². The molecule has 0 saturated heterocycles. The Hall–Kier alpha value is -2.37. The molecule has 1 rings (SSSR count). The zero-order valence-corrected chi connectivity index (χ0v) is 12.4. The normalized spacial score (nSPS) is 13.1. The Morgan fingerprint density at radius 1 is 1.33 bits per heavy atom. The third kappa shape index (κ3) is 4.91. The SMILES string of the molecule is CC[C@@H](C)[C@@H](NC(=O)c1cccc(OC(C)=O)c1)C(N)=O. The molecular weight excluding hydrogens is 272 g/mol. The number of ether oxygens (including phenoxy) is 1. The summed E-state index contributed by atoms with van der Waals surface area (Å²) in [7, 11) is 0. The molecular formula is C15H20N2O4. The van der Waals surface area contributed by atoms with Crippen molar-refractivity contribution < 1.29 is 19.1 Å². The lowest BCUT2D eigenvalue weighted by molar-refractivity contribution is -0.131. The molecule has 1 aromatic carbocycles. The number of amides is 2. The summed E-state index contributed by atoms with van der Waals surface area (Å²) < 4.78 is 4.92. The molecule has 0 saturated carbocycles. The largest absolute Gasteiger partial charge is 0.427 e. The number of hydrogen-bond donors (Lipinski definition) is 2. The summed E-state index contributed by atoms with van der Waals surface area (Å²) in [6.45, 7) is 5.03. The van der Waals surface area contributed by atoms with Gasteiger partial charge in [0.25, 0.3) is 5.91 Å². The highest BCUT2D eigenvalue weighted by molar-refractivity contribution is 5.97. The van der Waals surface area contributed by atoms with E-state index in [0.717, 1.165) is 0 Å². The van der Waals surface area contributed by atoms with Crippen LogP contribution >= 0.6 is 0 Å². The number of carbonyl (C=O) groups excluding carboxylic acids is 3. The molecule has 3 N–H and O–H groups in total. The zero-order valence-electron chi connectivity index (χ0n) is 12.4. The Bertz CT molecular complexity index is 542. The minimum atomic E-state index is -0.736. The van der Waals surface area contributed by atoms with Gasteiger partial charge in [-0.1, -0.05) is 26.3 Å². The van der Waals surface area contributed by atoms with E-state index >= 15 is 0 Å². The van der Waals surface area contributed by atoms with Crippen molar-refractivity contribution in [1.82, 2.24) is 5.32 Å². The first kappa shape index (κ1) is 16.7. The number of hydrogen-bond acceptors (Lipinski definition) is 4. The van der Waals surface area contributed by atoms with Gasteiger partial charge in [0, 0.05) is 12.5 Å². The van der Waals surface area contributed by atoms with Gasteiger partial charge in [-0.3, -0.25) is 14.4 Å². The van der Waals surface area contributed by atoms with Gasteiger partial charge in [-0.05, 0) is 24.1 Å². The third-order valence-electron chi connectivity index (χ3n) is 3.16. The minimum absolute atomic E-state index is 0.0666. The lowest BCUT2D eigenvalue weighted by Gasteiger charge is -2.21. The van der Waals surface area contributed by atoms with E-state index in [9.17, 15) is 14.4 Å². The van der Waals surface area contributed by atoms with E-state index in [0.29, 0.717) is 12.0 Å². The lowest BCUT2D eigenvalue weighted by atomic mass is 9.98. The van der Waals surface area contributed by atoms with E-state index in [4.69, 9.17) is 10.5 Å². The van der Waals surface area contributed by atoms with Crippen molar-refractivity contribution in [3.05, 3.63) is 29.8 Å². The maximum atomic E-state index is 12.2. The van der Waals surface area contributed by atoms with E-state index in [1.807, 2.05) is 13.8 Å². The van der Waals surface area contributed by atoms with Gasteiger partial charge in [0.2, 0.25) is 5.91 Å². The average Bonchev–Trinajstić information content (AvgIpc) is 2.42. The number of benzene rings is 1. The zero-order chi connectivity index (χ0) is 16.0. The van der Waals surface area contributed by atoms with Crippen LogP contribution in [-0.4, -0.2) is 23.8 Å². The number of nitrogens with two attached hydrogens (primary N) is 1. The maximum Gasteiger partial charge on any atom is 0.308 e. The van der Waals surface area contributed by atoms with Gasteiger partial charge in [-0.2, -0.15) is 0 Å². The predicted octanol–water partition coefficient (Wildman–Crippen LogP) is 1.24. The Labute approximate surface area is 123 Å². The van der Waals surface area contributed by atoms with E-state index in [2.05, 4.69) is 5.32 Å². The highest BCUT2D eigenvalue weighted by Gasteiger charge is 2.24. The third-order valence-corrected chi connectivity index (χ3v) is 3.16. The molecule has 0 heterocycles. The van der Waals surface area contributed by atoms with Crippen molar-refractivity contribution in [2.75, 3.05) is 0 Å². The Kier molecular flexibility index (Phi) is 5.90. The van der Waals surface area contributed by atoms with Gasteiger partial charge in [0.1, 0.15) is 11.8 Å². The fourth-order valence-corrected chi connectivity index (χ4v) is 1.82. The highest BCUT2D eigenvalue weighted by atomic mass is 16.5. The fourth-order valence-electron chi connectivity index (χ4n) is 1.82. The molecule has 0 aromatic heterocycles. The summed E-state index contributed by atoms with van der Waals surface area (Å²) in [5, 5.41) is 2.61. The van der Waals surface area contributed by atoms with Crippen LogP contribution < -0.4 is 15.8 Å². The Morgan fingerprint density at radius 2 is 2.00 bits per heavy atom. The summed E-state index contributed by atoms with van der Waals surface area (Å²) in [4.78, 5) is 34.5. The molecule has 0 aliphatic rings. The van der Waals surface area contributed by atoms with E-state index < -0.39 is 23.8 Å². The topological polar surface area (TPSA) is 98.5 Å². The molecule has 21 heavy (non-hydrogen) atoms. The molecule has 0 fully saturated rings. The number of nitrogens with one attached hydrogen (secondary N) is 1. The van der Waals surface area contributed by atoms with Gasteiger partial charge >= 0.3 is 5.97 Å². The van der Waals surface area contributed by atoms with Crippen LogP contribution in [0.1, 0.15) is 37.6 Å². The van der Waals surface area contributed by atoms with E-state index in [1.165, 1.54) is 13.0 Å². The minimum Gasteiger partial charge on any atom is -0.427 e. The van der Waals surface area contributed by atoms with E-state index in [-0.39, 0.29) is 11.7 Å². The molecule has 0 radical (unpaired) electrons. The second kappa shape index (κ2) is 7.42. The molecule has 0 unspecified atom stereocenters. The molecule has 0 bridgehead atoms. The molecule has 0 aliphatic carbocycles. The standard InChI is InChI=1S/C15H20N2O4/c1-4-9(2)13(14(16)19)17-15(20)11-6-5-7-12(8-11)21-10(3)18/h5-9,13H,4H2,1-3H3,(H2,16,19)(H,17,20)/t9-,13-/m1/s1. The van der Waals surface area contributed by atoms with Crippen LogP contribution in [0.15, 0.2) is 24.3 Å². The smallest absolute Gasteiger partial charge is 0.308 e. The fraction of sp³-hybridized carbons (Fsp3) is 0.400. The van der Waals surface area contributed by atoms with Crippen LogP contribution in [0.4, 0.5) is 0 Å². The summed E-state index contributed by atoms with van der Waals surface area (Å²) in [6.07, 6.45) is 0.710. The summed E-state index contributed by atoms with van der Waals surface area (Å²) >= 11 is 0. The van der Waals surface area contributed by atoms with Gasteiger partial charge in [0.15, 0.2) is 0 Å². The average molecular weight is 292 g/mol. The number of carbonyl (C=O) groups is 3. The molecule has 2 atom stereocenters. The van der Waals surface area contributed by atoms with Crippen molar-refractivity contribution in [1.29, 1.82) is 0 Å². The number of esters is 1. The molecule has 2 amide bonds. The monoisotopic (exact) mass is 292 g/mol. The van der Waals surface area contributed by atoms with Gasteiger partial charge in [0.05, 0.1) is 0 Å². The first-order valence-electron chi connectivity index (χ1n) is 6.73. The van der Waals surface area contributed by atoms with Crippen LogP contribution in [0.3, 0.4) is 0 Å². The van der Waals surface area contributed by atoms with Crippen LogP contribution in [0.5, 0.6) is 5.75 Å². The summed E-state index contributed by atoms with van der Waals surface area (Å²) in [5.74, 6) is -1.28. The van der Waals surface area contributed by atoms with E-state index in [1.54, 1.807) is 18.2 Å². The Balaban J connectivity index is 2.87. The number of primary amides is 1. The molecule has 114 valence electrons. The first-order chi connectivity index (χ1) is 9.85. The van der Waals surface area contributed by atoms with Crippen molar-refractivity contribution >= 4 is 17.8 Å². The second-order valence-corrected chi connectivity index (χ2v) is 4.86. The Morgan fingerprint density at radius 3 is 2.52 bits per heavy atom. The molecule has 6 nitrogen and oxygen atoms in total. The second-order valence-electron chi connectivity index (χ2n) is 4.86. The van der Waals surface area contributed by atoms with Gasteiger partial charge in [-0.15, -0.1) is 0 Å². The first-order valence-corrected chi connectivity index (χ1v) is 6.73. The molecule has 0 aliphatic heterocycles. The van der Waals surface area contributed by atoms with Crippen LogP contribution in [0, 0.1) is 5.92 Å².